The molecule has 0 bridgehead atoms. The van der Waals surface area contributed by atoms with Crippen molar-refractivity contribution in [2.75, 3.05) is 0 Å². The van der Waals surface area contributed by atoms with Crippen LogP contribution in [-0.4, -0.2) is 0 Å². The van der Waals surface area contributed by atoms with E-state index in [0.29, 0.717) is 0 Å². The van der Waals surface area contributed by atoms with Crippen molar-refractivity contribution in [3.63, 3.8) is 0 Å². The van der Waals surface area contributed by atoms with Gasteiger partial charge in [-0.3, -0.25) is 0 Å². The van der Waals surface area contributed by atoms with E-state index in [-0.39, 0.29) is 0 Å². The smallest absolute Gasteiger partial charge is 0.178 e. The first-order valence-corrected chi connectivity index (χ1v) is 14.9. The summed E-state index contributed by atoms with van der Waals surface area (Å²) in [7, 11) is 0. The van der Waals surface area contributed by atoms with Gasteiger partial charge in [0.25, 0.3) is 0 Å². The summed E-state index contributed by atoms with van der Waals surface area (Å²) in [5.41, 5.74) is 12.7. The average Bonchev–Trinajstić information content (AvgIpc) is 3.67. The van der Waals surface area contributed by atoms with Crippen LogP contribution in [0.2, 0.25) is 0 Å². The lowest BCUT2D eigenvalue weighted by molar-refractivity contribution is 0.633. The highest BCUT2D eigenvalue weighted by atomic mass is 16.4. The third-order valence-corrected chi connectivity index (χ3v) is 8.73. The SMILES string of the molecule is c1ccc(-c2ccc(-c3ccc4c(c3)oc3c4ccc4c5ccc(-c6ccc(-c7ccccc7)cc6)cc5oc43)cc2)cc1. The Morgan fingerprint density at radius 2 is 0.545 bits per heavy atom. The van der Waals surface area contributed by atoms with E-state index in [4.69, 9.17) is 8.83 Å². The summed E-state index contributed by atoms with van der Waals surface area (Å²) in [6.07, 6.45) is 0. The summed E-state index contributed by atoms with van der Waals surface area (Å²) in [5, 5.41) is 4.31. The Bertz CT molecular complexity index is 2270. The number of fused-ring (bicyclic) bond motifs is 7. The fraction of sp³-hybridized carbons (Fsp3) is 0. The van der Waals surface area contributed by atoms with Gasteiger partial charge in [0.15, 0.2) is 11.2 Å². The molecule has 7 aromatic carbocycles. The number of rotatable bonds is 4. The molecule has 0 unspecified atom stereocenters. The summed E-state index contributed by atoms with van der Waals surface area (Å²) in [5.74, 6) is 0. The molecule has 0 atom stereocenters. The van der Waals surface area contributed by atoms with Crippen molar-refractivity contribution in [3.05, 3.63) is 158 Å². The topological polar surface area (TPSA) is 26.3 Å². The van der Waals surface area contributed by atoms with Crippen LogP contribution < -0.4 is 0 Å². The molecule has 9 aromatic rings. The summed E-state index contributed by atoms with van der Waals surface area (Å²) in [6.45, 7) is 0. The molecule has 0 radical (unpaired) electrons. The summed E-state index contributed by atoms with van der Waals surface area (Å²) >= 11 is 0. The molecular formula is C42H26O2. The van der Waals surface area contributed by atoms with Gasteiger partial charge in [-0.2, -0.15) is 0 Å². The largest absolute Gasteiger partial charge is 0.452 e. The molecular weight excluding hydrogens is 536 g/mol. The van der Waals surface area contributed by atoms with Gasteiger partial charge in [0.2, 0.25) is 0 Å². The van der Waals surface area contributed by atoms with Crippen LogP contribution in [0.3, 0.4) is 0 Å². The number of hydrogen-bond donors (Lipinski definition) is 0. The number of furan rings is 2. The Morgan fingerprint density at radius 1 is 0.250 bits per heavy atom. The molecule has 9 rings (SSSR count). The molecule has 0 fully saturated rings. The van der Waals surface area contributed by atoms with Crippen molar-refractivity contribution >= 4 is 43.9 Å². The van der Waals surface area contributed by atoms with E-state index in [1.54, 1.807) is 0 Å². The maximum absolute atomic E-state index is 6.53. The number of hydrogen-bond acceptors (Lipinski definition) is 2. The van der Waals surface area contributed by atoms with Gasteiger partial charge in [-0.1, -0.05) is 121 Å². The summed E-state index contributed by atoms with van der Waals surface area (Å²) < 4.78 is 13.1. The van der Waals surface area contributed by atoms with E-state index in [2.05, 4.69) is 146 Å². The predicted molar refractivity (Wildman–Crippen MR) is 183 cm³/mol. The molecule has 0 amide bonds. The molecule has 206 valence electrons. The molecule has 0 N–H and O–H groups in total. The van der Waals surface area contributed by atoms with E-state index in [0.717, 1.165) is 66.1 Å². The third kappa shape index (κ3) is 4.04. The van der Waals surface area contributed by atoms with E-state index in [1.165, 1.54) is 22.3 Å². The van der Waals surface area contributed by atoms with Crippen LogP contribution in [0.25, 0.3) is 88.4 Å². The predicted octanol–water partition coefficient (Wildman–Crippen LogP) is 12.2. The lowest BCUT2D eigenvalue weighted by atomic mass is 9.99. The first kappa shape index (κ1) is 24.7. The number of benzene rings is 7. The highest BCUT2D eigenvalue weighted by Gasteiger charge is 2.17. The lowest BCUT2D eigenvalue weighted by Gasteiger charge is -2.05. The zero-order valence-electron chi connectivity index (χ0n) is 23.8. The quantitative estimate of drug-likeness (QED) is 0.213. The molecule has 2 nitrogen and oxygen atoms in total. The maximum Gasteiger partial charge on any atom is 0.178 e. The van der Waals surface area contributed by atoms with Crippen LogP contribution in [0.1, 0.15) is 0 Å². The Hall–Kier alpha value is -5.86. The average molecular weight is 563 g/mol. The molecule has 0 saturated heterocycles. The third-order valence-electron chi connectivity index (χ3n) is 8.73. The minimum atomic E-state index is 0.791. The van der Waals surface area contributed by atoms with Crippen molar-refractivity contribution in [1.29, 1.82) is 0 Å². The molecule has 0 aliphatic carbocycles. The highest BCUT2D eigenvalue weighted by molar-refractivity contribution is 6.19. The van der Waals surface area contributed by atoms with Gasteiger partial charge in [0, 0.05) is 21.5 Å². The van der Waals surface area contributed by atoms with E-state index >= 15 is 0 Å². The second-order valence-electron chi connectivity index (χ2n) is 11.3. The Kier molecular flexibility index (Phi) is 5.54. The van der Waals surface area contributed by atoms with E-state index in [9.17, 15) is 0 Å². The lowest BCUT2D eigenvalue weighted by Crippen LogP contribution is -1.80. The van der Waals surface area contributed by atoms with Gasteiger partial charge in [-0.25, -0.2) is 0 Å². The van der Waals surface area contributed by atoms with Crippen LogP contribution in [0.15, 0.2) is 167 Å². The highest BCUT2D eigenvalue weighted by Crippen LogP contribution is 2.40. The second kappa shape index (κ2) is 9.86. The van der Waals surface area contributed by atoms with Gasteiger partial charge in [0.1, 0.15) is 11.2 Å². The Labute approximate surface area is 254 Å². The second-order valence-corrected chi connectivity index (χ2v) is 11.3. The summed E-state index contributed by atoms with van der Waals surface area (Å²) in [4.78, 5) is 0. The zero-order valence-corrected chi connectivity index (χ0v) is 23.8. The van der Waals surface area contributed by atoms with Gasteiger partial charge >= 0.3 is 0 Å². The van der Waals surface area contributed by atoms with Crippen molar-refractivity contribution < 1.29 is 8.83 Å². The van der Waals surface area contributed by atoms with Crippen LogP contribution >= 0.6 is 0 Å². The Morgan fingerprint density at radius 3 is 0.932 bits per heavy atom. The molecule has 0 saturated carbocycles. The maximum atomic E-state index is 6.53. The molecule has 2 heteroatoms. The van der Waals surface area contributed by atoms with Gasteiger partial charge in [-0.15, -0.1) is 0 Å². The molecule has 0 aliphatic heterocycles. The zero-order chi connectivity index (χ0) is 29.0. The van der Waals surface area contributed by atoms with Crippen molar-refractivity contribution in [1.82, 2.24) is 0 Å². The van der Waals surface area contributed by atoms with Crippen LogP contribution in [0.4, 0.5) is 0 Å². The fourth-order valence-electron chi connectivity index (χ4n) is 6.40. The van der Waals surface area contributed by atoms with Gasteiger partial charge < -0.3 is 8.83 Å². The van der Waals surface area contributed by atoms with Gasteiger partial charge in [-0.05, 0) is 80.9 Å². The van der Waals surface area contributed by atoms with E-state index < -0.39 is 0 Å². The van der Waals surface area contributed by atoms with Crippen LogP contribution in [0, 0.1) is 0 Å². The van der Waals surface area contributed by atoms with E-state index in [1.807, 2.05) is 12.1 Å². The normalized spacial score (nSPS) is 11.6. The van der Waals surface area contributed by atoms with Gasteiger partial charge in [0.05, 0.1) is 0 Å². The minimum absolute atomic E-state index is 0.791. The standard InChI is InChI=1S/C42H26O2/c1-3-7-27(8-4-1)29-11-15-31(16-12-29)33-19-21-35-37-23-24-38-36-22-20-34(26-40(36)44-42(38)41(37)43-39(35)25-33)32-17-13-30(14-18-32)28-9-5-2-6-10-28/h1-26H. The van der Waals surface area contributed by atoms with Crippen LogP contribution in [-0.2, 0) is 0 Å². The summed E-state index contributed by atoms with van der Waals surface area (Å²) in [6, 6.07) is 55.6. The molecule has 2 aromatic heterocycles. The first-order valence-electron chi connectivity index (χ1n) is 14.9. The first-order chi connectivity index (χ1) is 21.8. The minimum Gasteiger partial charge on any atom is -0.452 e. The molecule has 0 spiro atoms. The molecule has 44 heavy (non-hydrogen) atoms. The molecule has 0 aliphatic rings. The monoisotopic (exact) mass is 562 g/mol. The van der Waals surface area contributed by atoms with Crippen molar-refractivity contribution in [3.8, 4) is 44.5 Å². The fourth-order valence-corrected chi connectivity index (χ4v) is 6.40. The van der Waals surface area contributed by atoms with Crippen LogP contribution in [0.5, 0.6) is 0 Å². The molecule has 2 heterocycles. The van der Waals surface area contributed by atoms with Crippen molar-refractivity contribution in [2.24, 2.45) is 0 Å². The van der Waals surface area contributed by atoms with Crippen molar-refractivity contribution in [2.45, 2.75) is 0 Å². The Balaban J connectivity index is 1.09.